The van der Waals surface area contributed by atoms with Crippen LogP contribution in [0.3, 0.4) is 0 Å². The highest BCUT2D eigenvalue weighted by Gasteiger charge is 2.43. The summed E-state index contributed by atoms with van der Waals surface area (Å²) in [5, 5.41) is 12.2. The third kappa shape index (κ3) is 3.16. The molecule has 1 saturated carbocycles. The Hall–Kier alpha value is -3.20. The van der Waals surface area contributed by atoms with E-state index < -0.39 is 11.6 Å². The molecule has 4 rings (SSSR count). The normalized spacial score (nSPS) is 18.3. The van der Waals surface area contributed by atoms with Crippen LogP contribution in [0.15, 0.2) is 52.9 Å². The summed E-state index contributed by atoms with van der Waals surface area (Å²) in [7, 11) is 0. The molecule has 4 nitrogen and oxygen atoms in total. The maximum absolute atomic E-state index is 13.3. The number of nitrogens with one attached hydrogen (secondary N) is 1. The Kier molecular flexibility index (Phi) is 4.13. The van der Waals surface area contributed by atoms with Crippen LogP contribution in [0.1, 0.15) is 41.0 Å². The van der Waals surface area contributed by atoms with E-state index in [1.807, 2.05) is 24.3 Å². The molecule has 1 aliphatic rings. The molecule has 0 amide bonds. The number of oxazole rings is 1. The number of anilines is 1. The smallest absolute Gasteiger partial charge is 0.232 e. The SMILES string of the molecule is N#Cc1nc(C2CC2c2ccccc2)oc1NCc1ccc(F)c(F)c1. The summed E-state index contributed by atoms with van der Waals surface area (Å²) in [6.45, 7) is 0.202. The van der Waals surface area contributed by atoms with Gasteiger partial charge in [-0.3, -0.25) is 0 Å². The van der Waals surface area contributed by atoms with Crippen molar-refractivity contribution in [3.63, 3.8) is 0 Å². The number of hydrogen-bond donors (Lipinski definition) is 1. The van der Waals surface area contributed by atoms with E-state index in [1.165, 1.54) is 11.6 Å². The van der Waals surface area contributed by atoms with Gasteiger partial charge < -0.3 is 9.73 Å². The zero-order valence-electron chi connectivity index (χ0n) is 13.7. The maximum Gasteiger partial charge on any atom is 0.232 e. The minimum atomic E-state index is -0.910. The van der Waals surface area contributed by atoms with Crippen LogP contribution in [0.25, 0.3) is 0 Å². The van der Waals surface area contributed by atoms with E-state index in [1.54, 1.807) is 0 Å². The molecule has 1 heterocycles. The first kappa shape index (κ1) is 16.3. The predicted octanol–water partition coefficient (Wildman–Crippen LogP) is 4.71. The number of benzene rings is 2. The lowest BCUT2D eigenvalue weighted by Gasteiger charge is -2.04. The second kappa shape index (κ2) is 6.60. The highest BCUT2D eigenvalue weighted by atomic mass is 19.2. The van der Waals surface area contributed by atoms with Gasteiger partial charge >= 0.3 is 0 Å². The molecule has 6 heteroatoms. The van der Waals surface area contributed by atoms with Crippen molar-refractivity contribution in [2.75, 3.05) is 5.32 Å². The minimum Gasteiger partial charge on any atom is -0.424 e. The first-order valence-corrected chi connectivity index (χ1v) is 8.29. The van der Waals surface area contributed by atoms with Crippen LogP contribution >= 0.6 is 0 Å². The second-order valence-electron chi connectivity index (χ2n) is 6.30. The van der Waals surface area contributed by atoms with Gasteiger partial charge in [-0.25, -0.2) is 13.8 Å². The minimum absolute atomic E-state index is 0.156. The molecule has 0 aliphatic heterocycles. The molecule has 1 fully saturated rings. The van der Waals surface area contributed by atoms with Gasteiger partial charge in [-0.1, -0.05) is 36.4 Å². The van der Waals surface area contributed by atoms with Crippen LogP contribution in [-0.4, -0.2) is 4.98 Å². The molecular weight excluding hydrogens is 336 g/mol. The second-order valence-corrected chi connectivity index (χ2v) is 6.30. The summed E-state index contributed by atoms with van der Waals surface area (Å²) in [5.74, 6) is -0.515. The van der Waals surface area contributed by atoms with Gasteiger partial charge in [0.05, 0.1) is 0 Å². The van der Waals surface area contributed by atoms with Crippen molar-refractivity contribution in [1.29, 1.82) is 5.26 Å². The molecule has 1 aromatic heterocycles. The Morgan fingerprint density at radius 2 is 1.92 bits per heavy atom. The average Bonchev–Trinajstić information content (AvgIpc) is 3.36. The lowest BCUT2D eigenvalue weighted by atomic mass is 10.1. The van der Waals surface area contributed by atoms with Crippen LogP contribution in [-0.2, 0) is 6.54 Å². The van der Waals surface area contributed by atoms with E-state index in [0.717, 1.165) is 18.6 Å². The molecule has 3 aromatic rings. The molecule has 0 saturated heterocycles. The molecule has 2 unspecified atom stereocenters. The van der Waals surface area contributed by atoms with E-state index in [2.05, 4.69) is 22.4 Å². The average molecular weight is 351 g/mol. The van der Waals surface area contributed by atoms with Crippen LogP contribution in [0.2, 0.25) is 0 Å². The quantitative estimate of drug-likeness (QED) is 0.723. The summed E-state index contributed by atoms with van der Waals surface area (Å²) in [6, 6.07) is 15.8. The molecule has 2 aromatic carbocycles. The van der Waals surface area contributed by atoms with E-state index in [-0.39, 0.29) is 24.0 Å². The fourth-order valence-electron chi connectivity index (χ4n) is 3.06. The molecule has 1 N–H and O–H groups in total. The Morgan fingerprint density at radius 1 is 1.12 bits per heavy atom. The van der Waals surface area contributed by atoms with Crippen molar-refractivity contribution in [2.24, 2.45) is 0 Å². The van der Waals surface area contributed by atoms with Gasteiger partial charge in [0.1, 0.15) is 6.07 Å². The highest BCUT2D eigenvalue weighted by Crippen LogP contribution is 2.54. The van der Waals surface area contributed by atoms with Crippen molar-refractivity contribution < 1.29 is 13.2 Å². The Bertz CT molecular complexity index is 978. The lowest BCUT2D eigenvalue weighted by molar-refractivity contribution is 0.502. The monoisotopic (exact) mass is 351 g/mol. The molecule has 26 heavy (non-hydrogen) atoms. The lowest BCUT2D eigenvalue weighted by Crippen LogP contribution is -2.01. The molecule has 0 radical (unpaired) electrons. The summed E-state index contributed by atoms with van der Waals surface area (Å²) in [6.07, 6.45) is 0.929. The molecule has 0 spiro atoms. The van der Waals surface area contributed by atoms with Crippen LogP contribution in [0, 0.1) is 23.0 Å². The number of aromatic nitrogens is 1. The van der Waals surface area contributed by atoms with Crippen molar-refractivity contribution >= 4 is 5.88 Å². The van der Waals surface area contributed by atoms with Crippen molar-refractivity contribution in [1.82, 2.24) is 4.98 Å². The van der Waals surface area contributed by atoms with Gasteiger partial charge in [-0.05, 0) is 35.6 Å². The Labute approximate surface area is 149 Å². The van der Waals surface area contributed by atoms with E-state index in [9.17, 15) is 14.0 Å². The number of halogens is 2. The topological polar surface area (TPSA) is 61.9 Å². The van der Waals surface area contributed by atoms with Crippen molar-refractivity contribution in [3.05, 3.63) is 82.9 Å². The van der Waals surface area contributed by atoms with Crippen LogP contribution < -0.4 is 5.32 Å². The molecule has 130 valence electrons. The van der Waals surface area contributed by atoms with Gasteiger partial charge in [-0.15, -0.1) is 0 Å². The maximum atomic E-state index is 13.3. The Morgan fingerprint density at radius 3 is 2.65 bits per heavy atom. The van der Waals surface area contributed by atoms with Crippen molar-refractivity contribution in [2.45, 2.75) is 24.8 Å². The van der Waals surface area contributed by atoms with E-state index in [0.29, 0.717) is 17.4 Å². The summed E-state index contributed by atoms with van der Waals surface area (Å²) in [5.41, 5.74) is 1.94. The molecule has 2 atom stereocenters. The van der Waals surface area contributed by atoms with Gasteiger partial charge in [0.15, 0.2) is 11.6 Å². The van der Waals surface area contributed by atoms with Gasteiger partial charge in [-0.2, -0.15) is 5.26 Å². The van der Waals surface area contributed by atoms with Gasteiger partial charge in [0.2, 0.25) is 17.5 Å². The fraction of sp³-hybridized carbons (Fsp3) is 0.200. The van der Waals surface area contributed by atoms with Crippen LogP contribution in [0.4, 0.5) is 14.7 Å². The third-order valence-corrected chi connectivity index (χ3v) is 4.52. The highest BCUT2D eigenvalue weighted by molar-refractivity contribution is 5.47. The molecule has 1 aliphatic carbocycles. The Balaban J connectivity index is 1.48. The van der Waals surface area contributed by atoms with Gasteiger partial charge in [0.25, 0.3) is 0 Å². The number of hydrogen-bond acceptors (Lipinski definition) is 4. The number of nitrogens with zero attached hydrogens (tertiary/aromatic N) is 2. The largest absolute Gasteiger partial charge is 0.424 e. The first-order chi connectivity index (χ1) is 12.7. The van der Waals surface area contributed by atoms with Crippen LogP contribution in [0.5, 0.6) is 0 Å². The molecular formula is C20H15F2N3O. The zero-order chi connectivity index (χ0) is 18.1. The third-order valence-electron chi connectivity index (χ3n) is 4.52. The summed E-state index contributed by atoms with van der Waals surface area (Å²) in [4.78, 5) is 4.29. The van der Waals surface area contributed by atoms with E-state index >= 15 is 0 Å². The molecule has 0 bridgehead atoms. The fourth-order valence-corrected chi connectivity index (χ4v) is 3.06. The zero-order valence-corrected chi connectivity index (χ0v) is 13.7. The first-order valence-electron chi connectivity index (χ1n) is 8.29. The van der Waals surface area contributed by atoms with Gasteiger partial charge in [0, 0.05) is 12.5 Å². The van der Waals surface area contributed by atoms with Crippen molar-refractivity contribution in [3.8, 4) is 6.07 Å². The predicted molar refractivity (Wildman–Crippen MR) is 91.4 cm³/mol. The summed E-state index contributed by atoms with van der Waals surface area (Å²) < 4.78 is 32.0. The number of rotatable bonds is 5. The standard InChI is InChI=1S/C20H15F2N3O/c21-16-7-6-12(8-17(16)22)11-24-20-18(10-23)25-19(26-20)15-9-14(15)13-4-2-1-3-5-13/h1-8,14-15,24H,9,11H2. The van der Waals surface area contributed by atoms with E-state index in [4.69, 9.17) is 4.42 Å². The summed E-state index contributed by atoms with van der Waals surface area (Å²) >= 11 is 0. The number of nitriles is 1.